The minimum Gasteiger partial charge on any atom is -0.392 e. The van der Waals surface area contributed by atoms with E-state index in [2.05, 4.69) is 15.1 Å². The van der Waals surface area contributed by atoms with E-state index in [1.54, 1.807) is 16.8 Å². The van der Waals surface area contributed by atoms with E-state index in [-0.39, 0.29) is 12.2 Å². The molecule has 0 spiro atoms. The van der Waals surface area contributed by atoms with Crippen molar-refractivity contribution in [1.29, 1.82) is 0 Å². The smallest absolute Gasteiger partial charge is 0.261 e. The third-order valence-electron chi connectivity index (χ3n) is 2.73. The monoisotopic (exact) mass is 242 g/mol. The molecule has 2 aromatic heterocycles. The molecular weight excluding hydrogens is 232 g/mol. The summed E-state index contributed by atoms with van der Waals surface area (Å²) >= 11 is 0. The summed E-state index contributed by atoms with van der Waals surface area (Å²) in [6.07, 6.45) is 2.84. The van der Waals surface area contributed by atoms with Crippen LogP contribution >= 0.6 is 0 Å². The molecule has 0 aliphatic rings. The second kappa shape index (κ2) is 4.08. The first kappa shape index (κ1) is 10.7. The maximum absolute atomic E-state index is 11.5. The summed E-state index contributed by atoms with van der Waals surface area (Å²) in [7, 11) is 0. The van der Waals surface area contributed by atoms with Crippen LogP contribution in [-0.4, -0.2) is 24.9 Å². The Bertz CT molecular complexity index is 743. The first-order valence-corrected chi connectivity index (χ1v) is 5.41. The summed E-state index contributed by atoms with van der Waals surface area (Å²) in [5, 5.41) is 13.6. The molecular formula is C12H10N4O2. The lowest BCUT2D eigenvalue weighted by atomic mass is 10.2. The third-order valence-corrected chi connectivity index (χ3v) is 2.73. The molecule has 90 valence electrons. The molecule has 0 fully saturated rings. The van der Waals surface area contributed by atoms with Crippen molar-refractivity contribution in [2.45, 2.75) is 6.61 Å². The predicted molar refractivity (Wildman–Crippen MR) is 65.4 cm³/mol. The molecule has 6 nitrogen and oxygen atoms in total. The zero-order valence-electron chi connectivity index (χ0n) is 9.37. The molecule has 0 saturated carbocycles. The van der Waals surface area contributed by atoms with E-state index in [4.69, 9.17) is 5.11 Å². The summed E-state index contributed by atoms with van der Waals surface area (Å²) in [5.74, 6) is 0. The van der Waals surface area contributed by atoms with E-state index >= 15 is 0 Å². The highest BCUT2D eigenvalue weighted by molar-refractivity contribution is 5.74. The second-order valence-electron chi connectivity index (χ2n) is 3.85. The molecule has 0 bridgehead atoms. The van der Waals surface area contributed by atoms with E-state index in [1.807, 2.05) is 12.1 Å². The second-order valence-corrected chi connectivity index (χ2v) is 3.85. The fourth-order valence-electron chi connectivity index (χ4n) is 1.79. The van der Waals surface area contributed by atoms with Gasteiger partial charge in [0.1, 0.15) is 5.39 Å². The number of aromatic amines is 1. The molecule has 6 heteroatoms. The van der Waals surface area contributed by atoms with Crippen LogP contribution in [0.15, 0.2) is 41.6 Å². The molecule has 18 heavy (non-hydrogen) atoms. The molecule has 0 aliphatic carbocycles. The first-order valence-electron chi connectivity index (χ1n) is 5.41. The molecule has 0 atom stereocenters. The number of aliphatic hydroxyl groups excluding tert-OH is 1. The maximum Gasteiger partial charge on any atom is 0.261 e. The quantitative estimate of drug-likeness (QED) is 0.689. The van der Waals surface area contributed by atoms with Crippen LogP contribution < -0.4 is 5.56 Å². The van der Waals surface area contributed by atoms with Crippen LogP contribution in [0.3, 0.4) is 0 Å². The van der Waals surface area contributed by atoms with Crippen molar-refractivity contribution < 1.29 is 5.11 Å². The van der Waals surface area contributed by atoms with Crippen LogP contribution in [-0.2, 0) is 6.61 Å². The Balaban J connectivity index is 2.19. The van der Waals surface area contributed by atoms with Gasteiger partial charge in [-0.2, -0.15) is 5.10 Å². The van der Waals surface area contributed by atoms with Gasteiger partial charge < -0.3 is 10.1 Å². The van der Waals surface area contributed by atoms with Gasteiger partial charge in [0.05, 0.1) is 24.8 Å². The molecule has 0 radical (unpaired) electrons. The molecule has 2 heterocycles. The van der Waals surface area contributed by atoms with Gasteiger partial charge in [-0.3, -0.25) is 4.79 Å². The van der Waals surface area contributed by atoms with Crippen molar-refractivity contribution in [2.75, 3.05) is 0 Å². The van der Waals surface area contributed by atoms with Gasteiger partial charge in [0.25, 0.3) is 5.56 Å². The Morgan fingerprint density at radius 1 is 1.28 bits per heavy atom. The highest BCUT2D eigenvalue weighted by atomic mass is 16.3. The first-order chi connectivity index (χ1) is 8.79. The van der Waals surface area contributed by atoms with Gasteiger partial charge in [0.2, 0.25) is 0 Å². The normalized spacial score (nSPS) is 10.9. The van der Waals surface area contributed by atoms with Gasteiger partial charge in [-0.1, -0.05) is 12.1 Å². The van der Waals surface area contributed by atoms with E-state index < -0.39 is 0 Å². The standard InChI is InChI=1S/C12H10N4O2/c17-6-8-1-3-9(4-2-8)16-11-10(5-15-16)12(18)14-7-13-11/h1-5,7,17H,6H2,(H,13,14,18). The van der Waals surface area contributed by atoms with Crippen molar-refractivity contribution in [1.82, 2.24) is 19.7 Å². The lowest BCUT2D eigenvalue weighted by Crippen LogP contribution is -2.06. The Morgan fingerprint density at radius 3 is 2.78 bits per heavy atom. The number of H-pyrrole nitrogens is 1. The van der Waals surface area contributed by atoms with Crippen molar-refractivity contribution in [3.8, 4) is 5.69 Å². The summed E-state index contributed by atoms with van der Waals surface area (Å²) in [4.78, 5) is 18.2. The SMILES string of the molecule is O=c1[nH]cnc2c1cnn2-c1ccc(CO)cc1. The summed E-state index contributed by atoms with van der Waals surface area (Å²) in [6.45, 7) is -0.00193. The molecule has 1 aromatic carbocycles. The minimum atomic E-state index is -0.210. The summed E-state index contributed by atoms with van der Waals surface area (Å²) < 4.78 is 1.59. The van der Waals surface area contributed by atoms with Crippen molar-refractivity contribution in [3.63, 3.8) is 0 Å². The van der Waals surface area contributed by atoms with Gasteiger partial charge >= 0.3 is 0 Å². The lowest BCUT2D eigenvalue weighted by molar-refractivity contribution is 0.282. The largest absolute Gasteiger partial charge is 0.392 e. The molecule has 0 saturated heterocycles. The molecule has 0 aliphatic heterocycles. The fourth-order valence-corrected chi connectivity index (χ4v) is 1.79. The highest BCUT2D eigenvalue weighted by Gasteiger charge is 2.08. The van der Waals surface area contributed by atoms with E-state index in [1.165, 1.54) is 12.5 Å². The van der Waals surface area contributed by atoms with Crippen molar-refractivity contribution in [2.24, 2.45) is 0 Å². The summed E-state index contributed by atoms with van der Waals surface area (Å²) in [6, 6.07) is 7.24. The molecule has 0 unspecified atom stereocenters. The van der Waals surface area contributed by atoms with Crippen LogP contribution in [0.4, 0.5) is 0 Å². The minimum absolute atomic E-state index is 0.00193. The number of aliphatic hydroxyl groups is 1. The molecule has 2 N–H and O–H groups in total. The van der Waals surface area contributed by atoms with E-state index in [0.717, 1.165) is 11.3 Å². The fraction of sp³-hybridized carbons (Fsp3) is 0.0833. The Hall–Kier alpha value is -2.47. The van der Waals surface area contributed by atoms with Crippen LogP contribution in [0, 0.1) is 0 Å². The number of nitrogens with zero attached hydrogens (tertiary/aromatic N) is 3. The average Bonchev–Trinajstić information content (AvgIpc) is 2.84. The zero-order chi connectivity index (χ0) is 12.5. The number of rotatable bonds is 2. The number of hydrogen-bond donors (Lipinski definition) is 2. The molecule has 3 rings (SSSR count). The topological polar surface area (TPSA) is 83.8 Å². The van der Waals surface area contributed by atoms with E-state index in [0.29, 0.717) is 11.0 Å². The van der Waals surface area contributed by atoms with Crippen LogP contribution in [0.5, 0.6) is 0 Å². The molecule has 3 aromatic rings. The number of hydrogen-bond acceptors (Lipinski definition) is 4. The van der Waals surface area contributed by atoms with Crippen LogP contribution in [0.1, 0.15) is 5.56 Å². The average molecular weight is 242 g/mol. The lowest BCUT2D eigenvalue weighted by Gasteiger charge is -2.03. The predicted octanol–water partition coefficient (Wildman–Crippen LogP) is 0.601. The van der Waals surface area contributed by atoms with Gasteiger partial charge in [0, 0.05) is 0 Å². The Kier molecular flexibility index (Phi) is 2.42. The molecule has 0 amide bonds. The summed E-state index contributed by atoms with van der Waals surface area (Å²) in [5.41, 5.74) is 1.91. The zero-order valence-corrected chi connectivity index (χ0v) is 9.37. The number of nitrogens with one attached hydrogen (secondary N) is 1. The van der Waals surface area contributed by atoms with E-state index in [9.17, 15) is 4.79 Å². The Morgan fingerprint density at radius 2 is 2.06 bits per heavy atom. The van der Waals surface area contributed by atoms with Gasteiger partial charge in [-0.05, 0) is 17.7 Å². The van der Waals surface area contributed by atoms with Gasteiger partial charge in [-0.25, -0.2) is 9.67 Å². The van der Waals surface area contributed by atoms with Gasteiger partial charge in [0.15, 0.2) is 5.65 Å². The van der Waals surface area contributed by atoms with Crippen molar-refractivity contribution in [3.05, 3.63) is 52.7 Å². The van der Waals surface area contributed by atoms with Crippen molar-refractivity contribution >= 4 is 11.0 Å². The number of aromatic nitrogens is 4. The van der Waals surface area contributed by atoms with Gasteiger partial charge in [-0.15, -0.1) is 0 Å². The highest BCUT2D eigenvalue weighted by Crippen LogP contribution is 2.13. The maximum atomic E-state index is 11.5. The number of fused-ring (bicyclic) bond motifs is 1. The Labute approximate surface area is 102 Å². The van der Waals surface area contributed by atoms with Crippen LogP contribution in [0.2, 0.25) is 0 Å². The third kappa shape index (κ3) is 1.59. The number of benzene rings is 1. The van der Waals surface area contributed by atoms with Crippen LogP contribution in [0.25, 0.3) is 16.7 Å².